The molecule has 2 aromatic rings. The summed E-state index contributed by atoms with van der Waals surface area (Å²) in [4.78, 5) is 13.5. The predicted molar refractivity (Wildman–Crippen MR) is 77.1 cm³/mol. The van der Waals surface area contributed by atoms with Crippen LogP contribution in [0.4, 0.5) is 13.2 Å². The van der Waals surface area contributed by atoms with Crippen LogP contribution in [-0.2, 0) is 13.2 Å². The first kappa shape index (κ1) is 16.9. The smallest absolute Gasteiger partial charge is 0.416 e. The van der Waals surface area contributed by atoms with E-state index in [4.69, 9.17) is 4.74 Å². The van der Waals surface area contributed by atoms with E-state index in [1.807, 2.05) is 0 Å². The summed E-state index contributed by atoms with van der Waals surface area (Å²) >= 11 is 0. The van der Waals surface area contributed by atoms with Crippen LogP contribution in [0.1, 0.15) is 15.9 Å². The van der Waals surface area contributed by atoms with Crippen LogP contribution in [0.5, 0.6) is 5.75 Å². The van der Waals surface area contributed by atoms with Crippen molar-refractivity contribution >= 4 is 5.91 Å². The second-order valence-corrected chi connectivity index (χ2v) is 5.00. The number of alkyl halides is 3. The third-order valence-corrected chi connectivity index (χ3v) is 3.18. The van der Waals surface area contributed by atoms with Gasteiger partial charge in [-0.2, -0.15) is 18.3 Å². The Morgan fingerprint density at radius 3 is 2.48 bits per heavy atom. The predicted octanol–water partition coefficient (Wildman–Crippen LogP) is 2.59. The number of aromatic nitrogens is 2. The van der Waals surface area contributed by atoms with Crippen LogP contribution >= 0.6 is 0 Å². The van der Waals surface area contributed by atoms with Crippen molar-refractivity contribution in [2.45, 2.75) is 6.18 Å². The Labute approximate surface area is 131 Å². The molecule has 0 saturated carbocycles. The van der Waals surface area contributed by atoms with Crippen LogP contribution in [0.25, 0.3) is 0 Å². The molecule has 124 valence electrons. The molecule has 1 heterocycles. The highest BCUT2D eigenvalue weighted by Gasteiger charge is 2.30. The third kappa shape index (κ3) is 4.48. The van der Waals surface area contributed by atoms with Crippen LogP contribution in [0.3, 0.4) is 0 Å². The molecule has 0 aliphatic carbocycles. The average Bonchev–Trinajstić information content (AvgIpc) is 2.92. The summed E-state index contributed by atoms with van der Waals surface area (Å²) in [6, 6.07) is 4.43. The minimum Gasteiger partial charge on any atom is -0.492 e. The van der Waals surface area contributed by atoms with Gasteiger partial charge in [0.25, 0.3) is 5.91 Å². The van der Waals surface area contributed by atoms with Gasteiger partial charge in [0.15, 0.2) is 0 Å². The first-order chi connectivity index (χ1) is 10.8. The van der Waals surface area contributed by atoms with E-state index in [9.17, 15) is 18.0 Å². The summed E-state index contributed by atoms with van der Waals surface area (Å²) in [7, 11) is 3.33. The Morgan fingerprint density at radius 2 is 1.96 bits per heavy atom. The second kappa shape index (κ2) is 6.72. The molecule has 0 saturated heterocycles. The van der Waals surface area contributed by atoms with E-state index >= 15 is 0 Å². The fourth-order valence-electron chi connectivity index (χ4n) is 1.89. The van der Waals surface area contributed by atoms with Crippen LogP contribution < -0.4 is 4.74 Å². The van der Waals surface area contributed by atoms with Crippen molar-refractivity contribution in [3.63, 3.8) is 0 Å². The Kier molecular flexibility index (Phi) is 4.92. The van der Waals surface area contributed by atoms with Gasteiger partial charge in [-0.1, -0.05) is 0 Å². The molecular weight excluding hydrogens is 311 g/mol. The highest BCUT2D eigenvalue weighted by atomic mass is 19.4. The van der Waals surface area contributed by atoms with Gasteiger partial charge in [-0.25, -0.2) is 0 Å². The van der Waals surface area contributed by atoms with Gasteiger partial charge in [-0.15, -0.1) is 0 Å². The Morgan fingerprint density at radius 1 is 1.30 bits per heavy atom. The number of ether oxygens (including phenoxy) is 1. The number of amides is 1. The maximum atomic E-state index is 12.4. The molecule has 8 heteroatoms. The zero-order chi connectivity index (χ0) is 17.0. The van der Waals surface area contributed by atoms with Crippen LogP contribution in [0, 0.1) is 0 Å². The summed E-state index contributed by atoms with van der Waals surface area (Å²) < 4.78 is 44.2. The molecule has 0 aliphatic rings. The van der Waals surface area contributed by atoms with Crippen molar-refractivity contribution in [1.29, 1.82) is 0 Å². The van der Waals surface area contributed by atoms with E-state index in [0.29, 0.717) is 17.9 Å². The first-order valence-electron chi connectivity index (χ1n) is 6.81. The lowest BCUT2D eigenvalue weighted by Crippen LogP contribution is -2.30. The summed E-state index contributed by atoms with van der Waals surface area (Å²) in [5, 5.41) is 3.92. The molecule has 0 spiro atoms. The number of hydrogen-bond donors (Lipinski definition) is 0. The molecule has 23 heavy (non-hydrogen) atoms. The van der Waals surface area contributed by atoms with Gasteiger partial charge in [0.1, 0.15) is 12.4 Å². The molecule has 1 amide bonds. The van der Waals surface area contributed by atoms with Gasteiger partial charge >= 0.3 is 6.18 Å². The fraction of sp³-hybridized carbons (Fsp3) is 0.333. The normalized spacial score (nSPS) is 11.3. The zero-order valence-electron chi connectivity index (χ0n) is 12.7. The number of carbonyl (C=O) groups is 1. The van der Waals surface area contributed by atoms with Crippen molar-refractivity contribution in [3.8, 4) is 5.75 Å². The van der Waals surface area contributed by atoms with Crippen molar-refractivity contribution in [1.82, 2.24) is 14.7 Å². The monoisotopic (exact) mass is 327 g/mol. The van der Waals surface area contributed by atoms with E-state index in [2.05, 4.69) is 5.10 Å². The largest absolute Gasteiger partial charge is 0.492 e. The molecule has 0 aliphatic heterocycles. The lowest BCUT2D eigenvalue weighted by Gasteiger charge is -2.16. The molecule has 5 nitrogen and oxygen atoms in total. The number of hydrogen-bond acceptors (Lipinski definition) is 3. The standard InChI is InChI=1S/C15H16F3N3O2/c1-20(14(22)11-9-19-21(2)10-11)7-8-23-13-5-3-12(4-6-13)15(16,17)18/h3-6,9-10H,7-8H2,1-2H3. The van der Waals surface area contributed by atoms with E-state index in [1.54, 1.807) is 20.3 Å². The molecule has 0 atom stereocenters. The molecule has 0 radical (unpaired) electrons. The van der Waals surface area contributed by atoms with Crippen LogP contribution in [0.2, 0.25) is 0 Å². The second-order valence-electron chi connectivity index (χ2n) is 5.00. The Balaban J connectivity index is 1.83. The van der Waals surface area contributed by atoms with Crippen molar-refractivity contribution in [2.24, 2.45) is 7.05 Å². The maximum Gasteiger partial charge on any atom is 0.416 e. The molecular formula is C15H16F3N3O2. The van der Waals surface area contributed by atoms with Crippen molar-refractivity contribution in [2.75, 3.05) is 20.2 Å². The summed E-state index contributed by atoms with van der Waals surface area (Å²) in [5.41, 5.74) is -0.266. The minimum atomic E-state index is -4.37. The van der Waals surface area contributed by atoms with Gasteiger partial charge in [0.2, 0.25) is 0 Å². The molecule has 0 fully saturated rings. The highest BCUT2D eigenvalue weighted by molar-refractivity contribution is 5.93. The number of carbonyl (C=O) groups excluding carboxylic acids is 1. The first-order valence-corrected chi connectivity index (χ1v) is 6.81. The van der Waals surface area contributed by atoms with Gasteiger partial charge < -0.3 is 9.64 Å². The van der Waals surface area contributed by atoms with E-state index in [0.717, 1.165) is 12.1 Å². The highest BCUT2D eigenvalue weighted by Crippen LogP contribution is 2.30. The van der Waals surface area contributed by atoms with Gasteiger partial charge in [0, 0.05) is 20.3 Å². The van der Waals surface area contributed by atoms with E-state index < -0.39 is 11.7 Å². The molecule has 1 aromatic carbocycles. The van der Waals surface area contributed by atoms with E-state index in [1.165, 1.54) is 27.9 Å². The van der Waals surface area contributed by atoms with Crippen LogP contribution in [0.15, 0.2) is 36.7 Å². The quantitative estimate of drug-likeness (QED) is 0.848. The van der Waals surface area contributed by atoms with Gasteiger partial charge in [-0.3, -0.25) is 9.48 Å². The number of halogens is 3. The molecule has 2 rings (SSSR count). The molecule has 0 bridgehead atoms. The fourth-order valence-corrected chi connectivity index (χ4v) is 1.89. The third-order valence-electron chi connectivity index (χ3n) is 3.18. The molecule has 0 unspecified atom stereocenters. The summed E-state index contributed by atoms with van der Waals surface area (Å²) in [6.07, 6.45) is -1.29. The van der Waals surface area contributed by atoms with Gasteiger partial charge in [0.05, 0.1) is 23.9 Å². The number of aryl methyl sites for hydroxylation is 1. The lowest BCUT2D eigenvalue weighted by atomic mass is 10.2. The Hall–Kier alpha value is -2.51. The SMILES string of the molecule is CN(CCOc1ccc(C(F)(F)F)cc1)C(=O)c1cnn(C)c1. The number of nitrogens with zero attached hydrogens (tertiary/aromatic N) is 3. The minimum absolute atomic E-state index is 0.174. The lowest BCUT2D eigenvalue weighted by molar-refractivity contribution is -0.137. The van der Waals surface area contributed by atoms with Crippen molar-refractivity contribution in [3.05, 3.63) is 47.8 Å². The number of benzene rings is 1. The topological polar surface area (TPSA) is 47.4 Å². The summed E-state index contributed by atoms with van der Waals surface area (Å²) in [6.45, 7) is 0.475. The number of likely N-dealkylation sites (N-methyl/N-ethyl adjacent to an activating group) is 1. The molecule has 0 N–H and O–H groups in total. The summed E-state index contributed by atoms with van der Waals surface area (Å²) in [5.74, 6) is 0.120. The maximum absolute atomic E-state index is 12.4. The van der Waals surface area contributed by atoms with Crippen LogP contribution in [-0.4, -0.2) is 40.8 Å². The average molecular weight is 327 g/mol. The Bertz CT molecular complexity index is 665. The van der Waals surface area contributed by atoms with E-state index in [-0.39, 0.29) is 12.5 Å². The van der Waals surface area contributed by atoms with Crippen molar-refractivity contribution < 1.29 is 22.7 Å². The van der Waals surface area contributed by atoms with Gasteiger partial charge in [-0.05, 0) is 24.3 Å². The zero-order valence-corrected chi connectivity index (χ0v) is 12.7. The molecule has 1 aromatic heterocycles. The number of rotatable bonds is 5.